The summed E-state index contributed by atoms with van der Waals surface area (Å²) >= 11 is 0. The van der Waals surface area contributed by atoms with E-state index in [9.17, 15) is 19.0 Å². The van der Waals surface area contributed by atoms with Gasteiger partial charge >= 0.3 is 15.6 Å². The Kier molecular flexibility index (Phi) is 10.7. The molecule has 0 saturated heterocycles. The molecule has 0 fully saturated rings. The van der Waals surface area contributed by atoms with E-state index in [4.69, 9.17) is 30.0 Å². The van der Waals surface area contributed by atoms with Gasteiger partial charge in [0.1, 0.15) is 24.9 Å². The zero-order valence-corrected chi connectivity index (χ0v) is 15.2. The van der Waals surface area contributed by atoms with Gasteiger partial charge < -0.3 is 35.1 Å². The van der Waals surface area contributed by atoms with Gasteiger partial charge in [0.2, 0.25) is 0 Å². The van der Waals surface area contributed by atoms with E-state index in [2.05, 4.69) is 8.83 Å². The fourth-order valence-electron chi connectivity index (χ4n) is 0.897. The minimum Gasteiger partial charge on any atom is -0.394 e. The average molecular weight is 406 g/mol. The summed E-state index contributed by atoms with van der Waals surface area (Å²) in [5.41, 5.74) is 0. The number of Topliss-reactive ketones (excluding diaryl/α,β-unsaturated/α-hetero) is 1. The van der Waals surface area contributed by atoms with Gasteiger partial charge in [0.25, 0.3) is 0 Å². The molecule has 0 rings (SSSR count). The smallest absolute Gasteiger partial charge is 0.394 e. The van der Waals surface area contributed by atoms with Crippen LogP contribution < -0.4 is 0 Å². The number of phosphoric acid groups is 2. The standard InChI is InChI=1S/C6H14O12P2.Zn/c7-1-3(8)5(10)6(11)4(9)2-17-20(15,16)18-19(12,13)14;/h3,5-8,10-11H,1-2H2,(H,15,16)(H2,12,13,14);/t3-,5-,6-;/m1./s1. The first kappa shape index (κ1) is 23.7. The minimum absolute atomic E-state index is 0. The Morgan fingerprint density at radius 1 is 1.10 bits per heavy atom. The second-order valence-corrected chi connectivity index (χ2v) is 6.30. The second-order valence-electron chi connectivity index (χ2n) is 3.47. The van der Waals surface area contributed by atoms with Crippen molar-refractivity contribution >= 4 is 21.4 Å². The van der Waals surface area contributed by atoms with Gasteiger partial charge in [-0.05, 0) is 0 Å². The van der Waals surface area contributed by atoms with Crippen molar-refractivity contribution in [1.29, 1.82) is 0 Å². The molecule has 15 heteroatoms. The molecule has 0 aromatic carbocycles. The Bertz CT molecular complexity index is 422. The Hall–Kier alpha value is 0.393. The van der Waals surface area contributed by atoms with Crippen LogP contribution in [0.4, 0.5) is 0 Å². The summed E-state index contributed by atoms with van der Waals surface area (Å²) in [5.74, 6) is -1.39. The van der Waals surface area contributed by atoms with E-state index in [0.717, 1.165) is 0 Å². The molecule has 0 aromatic heterocycles. The van der Waals surface area contributed by atoms with E-state index in [-0.39, 0.29) is 19.5 Å². The summed E-state index contributed by atoms with van der Waals surface area (Å²) < 4.78 is 28.5. The maximum Gasteiger partial charge on any atom is 0.481 e. The molecule has 0 aliphatic carbocycles. The third-order valence-corrected chi connectivity index (χ3v) is 3.95. The number of aliphatic hydroxyl groups is 4. The summed E-state index contributed by atoms with van der Waals surface area (Å²) in [4.78, 5) is 36.5. The van der Waals surface area contributed by atoms with E-state index < -0.39 is 53.0 Å². The number of phosphoric ester groups is 1. The fraction of sp³-hybridized carbons (Fsp3) is 0.833. The van der Waals surface area contributed by atoms with Crippen molar-refractivity contribution in [3.8, 4) is 0 Å². The van der Waals surface area contributed by atoms with E-state index >= 15 is 0 Å². The van der Waals surface area contributed by atoms with Crippen LogP contribution in [0.2, 0.25) is 0 Å². The van der Waals surface area contributed by atoms with Crippen molar-refractivity contribution in [3.05, 3.63) is 0 Å². The topological polar surface area (TPSA) is 211 Å². The normalized spacial score (nSPS) is 19.0. The molecule has 12 nitrogen and oxygen atoms in total. The quantitative estimate of drug-likeness (QED) is 0.150. The average Bonchev–Trinajstić information content (AvgIpc) is 2.30. The molecule has 0 aliphatic rings. The molecular weight excluding hydrogens is 391 g/mol. The zero-order chi connectivity index (χ0) is 16.1. The number of hydrogen-bond donors (Lipinski definition) is 7. The van der Waals surface area contributed by atoms with Gasteiger partial charge in [0.15, 0.2) is 5.78 Å². The molecule has 0 spiro atoms. The molecule has 0 heterocycles. The molecule has 122 valence electrons. The van der Waals surface area contributed by atoms with Crippen molar-refractivity contribution in [1.82, 2.24) is 0 Å². The number of carbonyl (C=O) groups is 1. The third kappa shape index (κ3) is 9.90. The van der Waals surface area contributed by atoms with Gasteiger partial charge in [0, 0.05) is 19.5 Å². The minimum atomic E-state index is -5.34. The van der Waals surface area contributed by atoms with Gasteiger partial charge in [-0.1, -0.05) is 0 Å². The molecular formula is C6H14O12P2Zn. The molecule has 1 unspecified atom stereocenters. The van der Waals surface area contributed by atoms with Gasteiger partial charge in [0.05, 0.1) is 6.61 Å². The molecule has 0 aromatic rings. The summed E-state index contributed by atoms with van der Waals surface area (Å²) in [5, 5.41) is 35.8. The number of hydrogen-bond acceptors (Lipinski definition) is 9. The molecule has 0 aliphatic heterocycles. The van der Waals surface area contributed by atoms with Crippen LogP contribution in [0.15, 0.2) is 0 Å². The van der Waals surface area contributed by atoms with Crippen molar-refractivity contribution in [2.24, 2.45) is 0 Å². The Balaban J connectivity index is 0. The Labute approximate surface area is 130 Å². The first-order valence-corrected chi connectivity index (χ1v) is 7.84. The van der Waals surface area contributed by atoms with E-state index in [1.54, 1.807) is 0 Å². The Morgan fingerprint density at radius 3 is 1.95 bits per heavy atom. The van der Waals surface area contributed by atoms with Crippen LogP contribution in [-0.4, -0.2) is 72.4 Å². The van der Waals surface area contributed by atoms with Crippen LogP contribution >= 0.6 is 15.6 Å². The van der Waals surface area contributed by atoms with E-state index in [1.807, 2.05) is 0 Å². The molecule has 21 heavy (non-hydrogen) atoms. The number of aliphatic hydroxyl groups excluding tert-OH is 4. The summed E-state index contributed by atoms with van der Waals surface area (Å²) in [6.07, 6.45) is -6.19. The van der Waals surface area contributed by atoms with E-state index in [1.165, 1.54) is 0 Å². The summed E-state index contributed by atoms with van der Waals surface area (Å²) in [6.45, 7) is -2.31. The molecule has 7 N–H and O–H groups in total. The predicted molar refractivity (Wildman–Crippen MR) is 59.0 cm³/mol. The van der Waals surface area contributed by atoms with Crippen LogP contribution in [0, 0.1) is 0 Å². The number of carbonyl (C=O) groups excluding carboxylic acids is 1. The predicted octanol–water partition coefficient (Wildman–Crippen LogP) is -3.15. The van der Waals surface area contributed by atoms with Gasteiger partial charge in [-0.25, -0.2) is 9.13 Å². The van der Waals surface area contributed by atoms with Crippen LogP contribution in [0.3, 0.4) is 0 Å². The summed E-state index contributed by atoms with van der Waals surface area (Å²) in [6, 6.07) is 0. The van der Waals surface area contributed by atoms with Crippen molar-refractivity contribution in [2.45, 2.75) is 18.3 Å². The zero-order valence-electron chi connectivity index (χ0n) is 10.4. The van der Waals surface area contributed by atoms with Gasteiger partial charge in [-0.15, -0.1) is 0 Å². The van der Waals surface area contributed by atoms with Gasteiger partial charge in [-0.2, -0.15) is 4.31 Å². The third-order valence-electron chi connectivity index (χ3n) is 1.81. The maximum atomic E-state index is 11.2. The Morgan fingerprint density at radius 2 is 1.57 bits per heavy atom. The largest absolute Gasteiger partial charge is 0.481 e. The van der Waals surface area contributed by atoms with Crippen LogP contribution in [-0.2, 0) is 42.2 Å². The molecule has 0 bridgehead atoms. The van der Waals surface area contributed by atoms with Crippen molar-refractivity contribution in [3.63, 3.8) is 0 Å². The maximum absolute atomic E-state index is 11.2. The summed E-state index contributed by atoms with van der Waals surface area (Å²) in [7, 11) is -10.6. The number of rotatable bonds is 9. The number of ketones is 1. The van der Waals surface area contributed by atoms with Crippen LogP contribution in [0.1, 0.15) is 0 Å². The SMILES string of the molecule is O=C(COP(=O)(O)OP(=O)(O)O)[C@@H](O)[C@H](O)[C@H](O)CO.[Zn]. The molecule has 0 radical (unpaired) electrons. The van der Waals surface area contributed by atoms with Crippen LogP contribution in [0.25, 0.3) is 0 Å². The van der Waals surface area contributed by atoms with Crippen molar-refractivity contribution in [2.75, 3.05) is 13.2 Å². The van der Waals surface area contributed by atoms with Crippen molar-refractivity contribution < 1.29 is 77.3 Å². The van der Waals surface area contributed by atoms with Crippen LogP contribution in [0.5, 0.6) is 0 Å². The van der Waals surface area contributed by atoms with E-state index in [0.29, 0.717) is 0 Å². The molecule has 0 saturated carbocycles. The molecule has 4 atom stereocenters. The first-order chi connectivity index (χ1) is 8.89. The molecule has 0 amide bonds. The monoisotopic (exact) mass is 404 g/mol. The second kappa shape index (κ2) is 9.51. The fourth-order valence-corrected chi connectivity index (χ4v) is 2.45. The first-order valence-electron chi connectivity index (χ1n) is 4.81. The van der Waals surface area contributed by atoms with Gasteiger partial charge in [-0.3, -0.25) is 9.32 Å².